The second-order valence-corrected chi connectivity index (χ2v) is 3.57. The number of aliphatic hydroxyl groups is 1. The summed E-state index contributed by atoms with van der Waals surface area (Å²) in [5.41, 5.74) is 0.450. The molecule has 2 N–H and O–H groups in total. The van der Waals surface area contributed by atoms with E-state index in [2.05, 4.69) is 10.3 Å². The van der Waals surface area contributed by atoms with Gasteiger partial charge in [-0.05, 0) is 13.0 Å². The number of nitrogens with one attached hydrogen (secondary N) is 1. The predicted octanol–water partition coefficient (Wildman–Crippen LogP) is 0.717. The highest BCUT2D eigenvalue weighted by Gasteiger charge is 2.18. The molecule has 17 heavy (non-hydrogen) atoms. The number of aromatic nitrogens is 1. The lowest BCUT2D eigenvalue weighted by Crippen LogP contribution is -2.24. The molecule has 0 amide bonds. The van der Waals surface area contributed by atoms with E-state index in [1.165, 1.54) is 13.3 Å². The lowest BCUT2D eigenvalue weighted by atomic mass is 10.2. The molecular weight excluding hydrogens is 226 g/mol. The van der Waals surface area contributed by atoms with Crippen LogP contribution in [-0.2, 0) is 4.74 Å². The summed E-state index contributed by atoms with van der Waals surface area (Å²) in [5.74, 6) is 0.158. The molecule has 0 aliphatic carbocycles. The van der Waals surface area contributed by atoms with Crippen molar-refractivity contribution >= 4 is 11.5 Å². The Morgan fingerprint density at radius 2 is 2.41 bits per heavy atom. The van der Waals surface area contributed by atoms with Gasteiger partial charge in [0.2, 0.25) is 5.82 Å². The Balaban J connectivity index is 2.77. The Morgan fingerprint density at radius 1 is 1.71 bits per heavy atom. The minimum Gasteiger partial charge on any atom is -0.389 e. The maximum atomic E-state index is 10.9. The maximum Gasteiger partial charge on any atom is 0.314 e. The van der Waals surface area contributed by atoms with E-state index in [0.717, 1.165) is 0 Å². The molecule has 1 unspecified atom stereocenters. The van der Waals surface area contributed by atoms with E-state index in [-0.39, 0.29) is 24.7 Å². The van der Waals surface area contributed by atoms with Gasteiger partial charge in [-0.2, -0.15) is 0 Å². The Hall–Kier alpha value is -1.73. The van der Waals surface area contributed by atoms with Crippen LogP contribution in [0.3, 0.4) is 0 Å². The summed E-state index contributed by atoms with van der Waals surface area (Å²) in [6.45, 7) is 1.94. The van der Waals surface area contributed by atoms with Crippen molar-refractivity contribution in [3.63, 3.8) is 0 Å². The minimum absolute atomic E-state index is 0.0721. The fourth-order valence-corrected chi connectivity index (χ4v) is 1.38. The van der Waals surface area contributed by atoms with Crippen molar-refractivity contribution in [3.8, 4) is 0 Å². The Bertz CT molecular complexity index is 397. The van der Waals surface area contributed by atoms with Crippen molar-refractivity contribution in [3.05, 3.63) is 27.9 Å². The van der Waals surface area contributed by atoms with Gasteiger partial charge in [0.05, 0.1) is 17.6 Å². The normalized spacial score (nSPS) is 12.2. The van der Waals surface area contributed by atoms with E-state index in [0.29, 0.717) is 5.56 Å². The van der Waals surface area contributed by atoms with Gasteiger partial charge in [0, 0.05) is 25.4 Å². The van der Waals surface area contributed by atoms with E-state index >= 15 is 0 Å². The largest absolute Gasteiger partial charge is 0.389 e. The van der Waals surface area contributed by atoms with Crippen LogP contribution in [0.25, 0.3) is 0 Å². The van der Waals surface area contributed by atoms with Crippen LogP contribution in [-0.4, -0.2) is 41.4 Å². The van der Waals surface area contributed by atoms with Gasteiger partial charge in [-0.3, -0.25) is 10.1 Å². The minimum atomic E-state index is -0.734. The third-order valence-corrected chi connectivity index (χ3v) is 2.17. The zero-order valence-electron chi connectivity index (χ0n) is 9.71. The highest BCUT2D eigenvalue weighted by Crippen LogP contribution is 2.25. The molecule has 1 rings (SSSR count). The van der Waals surface area contributed by atoms with Crippen LogP contribution in [0.15, 0.2) is 12.3 Å². The number of hydrogen-bond donors (Lipinski definition) is 2. The SMILES string of the molecule is COCC(O)CNc1nccc(C)c1[N+](=O)[O-]. The molecule has 0 fully saturated rings. The predicted molar refractivity (Wildman–Crippen MR) is 62.0 cm³/mol. The molecule has 0 bridgehead atoms. The Morgan fingerprint density at radius 3 is 3.00 bits per heavy atom. The van der Waals surface area contributed by atoms with Crippen molar-refractivity contribution < 1.29 is 14.8 Å². The number of nitrogens with zero attached hydrogens (tertiary/aromatic N) is 2. The second kappa shape index (κ2) is 6.12. The molecular formula is C10H15N3O4. The van der Waals surface area contributed by atoms with Crippen molar-refractivity contribution in [2.75, 3.05) is 25.6 Å². The maximum absolute atomic E-state index is 10.9. The van der Waals surface area contributed by atoms with E-state index < -0.39 is 11.0 Å². The van der Waals surface area contributed by atoms with Crippen LogP contribution in [0.5, 0.6) is 0 Å². The number of methoxy groups -OCH3 is 1. The number of anilines is 1. The summed E-state index contributed by atoms with van der Waals surface area (Å²) < 4.78 is 4.75. The average Bonchev–Trinajstić information content (AvgIpc) is 2.26. The van der Waals surface area contributed by atoms with Crippen LogP contribution in [0.4, 0.5) is 11.5 Å². The first-order chi connectivity index (χ1) is 8.06. The third-order valence-electron chi connectivity index (χ3n) is 2.17. The van der Waals surface area contributed by atoms with Gasteiger partial charge in [0.15, 0.2) is 0 Å². The van der Waals surface area contributed by atoms with E-state index in [1.54, 1.807) is 13.0 Å². The number of ether oxygens (including phenoxy) is 1. The number of aliphatic hydroxyl groups excluding tert-OH is 1. The van der Waals surface area contributed by atoms with Gasteiger partial charge in [-0.1, -0.05) is 0 Å². The lowest BCUT2D eigenvalue weighted by Gasteiger charge is -2.11. The molecule has 1 heterocycles. The molecule has 0 spiro atoms. The van der Waals surface area contributed by atoms with Crippen molar-refractivity contribution in [2.24, 2.45) is 0 Å². The molecule has 1 aromatic rings. The van der Waals surface area contributed by atoms with Crippen molar-refractivity contribution in [1.82, 2.24) is 4.98 Å². The molecule has 94 valence electrons. The van der Waals surface area contributed by atoms with Crippen LogP contribution < -0.4 is 5.32 Å². The van der Waals surface area contributed by atoms with Crippen LogP contribution >= 0.6 is 0 Å². The summed E-state index contributed by atoms with van der Waals surface area (Å²) >= 11 is 0. The zero-order chi connectivity index (χ0) is 12.8. The number of aryl methyl sites for hydroxylation is 1. The highest BCUT2D eigenvalue weighted by atomic mass is 16.6. The Labute approximate surface area is 98.6 Å². The summed E-state index contributed by atoms with van der Waals surface area (Å²) in [4.78, 5) is 14.2. The number of hydrogen-bond acceptors (Lipinski definition) is 6. The summed E-state index contributed by atoms with van der Waals surface area (Å²) in [6.07, 6.45) is 0.745. The molecule has 7 nitrogen and oxygen atoms in total. The molecule has 7 heteroatoms. The van der Waals surface area contributed by atoms with Gasteiger partial charge in [0.25, 0.3) is 0 Å². The fourth-order valence-electron chi connectivity index (χ4n) is 1.38. The first kappa shape index (κ1) is 13.3. The molecule has 0 saturated carbocycles. The summed E-state index contributed by atoms with van der Waals surface area (Å²) in [6, 6.07) is 1.56. The summed E-state index contributed by atoms with van der Waals surface area (Å²) in [7, 11) is 1.47. The van der Waals surface area contributed by atoms with Gasteiger partial charge < -0.3 is 15.2 Å². The number of rotatable bonds is 6. The lowest BCUT2D eigenvalue weighted by molar-refractivity contribution is -0.384. The average molecular weight is 241 g/mol. The van der Waals surface area contributed by atoms with Crippen molar-refractivity contribution in [2.45, 2.75) is 13.0 Å². The zero-order valence-corrected chi connectivity index (χ0v) is 9.71. The molecule has 0 aliphatic rings. The van der Waals surface area contributed by atoms with Gasteiger partial charge in [-0.25, -0.2) is 4.98 Å². The van der Waals surface area contributed by atoms with Crippen LogP contribution in [0.2, 0.25) is 0 Å². The molecule has 0 radical (unpaired) electrons. The first-order valence-corrected chi connectivity index (χ1v) is 5.07. The number of nitro groups is 1. The molecule has 0 aliphatic heterocycles. The fraction of sp³-hybridized carbons (Fsp3) is 0.500. The second-order valence-electron chi connectivity index (χ2n) is 3.57. The molecule has 1 atom stereocenters. The summed E-state index contributed by atoms with van der Waals surface area (Å²) in [5, 5.41) is 23.0. The van der Waals surface area contributed by atoms with E-state index in [9.17, 15) is 15.2 Å². The first-order valence-electron chi connectivity index (χ1n) is 5.07. The monoisotopic (exact) mass is 241 g/mol. The molecule has 1 aromatic heterocycles. The molecule has 0 saturated heterocycles. The van der Waals surface area contributed by atoms with Crippen LogP contribution in [0.1, 0.15) is 5.56 Å². The van der Waals surface area contributed by atoms with Gasteiger partial charge >= 0.3 is 5.69 Å². The van der Waals surface area contributed by atoms with E-state index in [1.807, 2.05) is 0 Å². The smallest absolute Gasteiger partial charge is 0.314 e. The van der Waals surface area contributed by atoms with Crippen LogP contribution in [0, 0.1) is 17.0 Å². The standard InChI is InChI=1S/C10H15N3O4/c1-7-3-4-11-10(9(7)13(15)16)12-5-8(14)6-17-2/h3-4,8,14H,5-6H2,1-2H3,(H,11,12). The topological polar surface area (TPSA) is 97.5 Å². The van der Waals surface area contributed by atoms with Gasteiger partial charge in [-0.15, -0.1) is 0 Å². The van der Waals surface area contributed by atoms with E-state index in [4.69, 9.17) is 4.74 Å². The number of pyridine rings is 1. The highest BCUT2D eigenvalue weighted by molar-refractivity contribution is 5.59. The van der Waals surface area contributed by atoms with Gasteiger partial charge in [0.1, 0.15) is 0 Å². The quantitative estimate of drug-likeness (QED) is 0.562. The third kappa shape index (κ3) is 3.65. The van der Waals surface area contributed by atoms with Crippen molar-refractivity contribution in [1.29, 1.82) is 0 Å². The molecule has 0 aromatic carbocycles. The Kier molecular flexibility index (Phi) is 4.80.